The molecule has 6 nitrogen and oxygen atoms in total. The van der Waals surface area contributed by atoms with Crippen LogP contribution in [0, 0.1) is 28.6 Å². The molecule has 0 fully saturated rings. The zero-order valence-electron chi connectivity index (χ0n) is 15.5. The number of hydrogen-bond donors (Lipinski definition) is 0. The van der Waals surface area contributed by atoms with Crippen LogP contribution in [0.5, 0.6) is 0 Å². The lowest BCUT2D eigenvalue weighted by atomic mass is 9.85. The number of thioether (sulfide) groups is 1. The second-order valence-corrected chi connectivity index (χ2v) is 6.56. The van der Waals surface area contributed by atoms with E-state index in [4.69, 9.17) is 9.47 Å². The van der Waals surface area contributed by atoms with Crippen LogP contribution in [0.25, 0.3) is 0 Å². The zero-order chi connectivity index (χ0) is 19.5. The first-order valence-electron chi connectivity index (χ1n) is 8.60. The Morgan fingerprint density at radius 3 is 2.35 bits per heavy atom. The summed E-state index contributed by atoms with van der Waals surface area (Å²) >= 11 is 1.27. The quantitative estimate of drug-likeness (QED) is 0.396. The zero-order valence-corrected chi connectivity index (χ0v) is 16.3. The third kappa shape index (κ3) is 5.37. The van der Waals surface area contributed by atoms with E-state index in [2.05, 4.69) is 0 Å². The Hall–Kier alpha value is -2.25. The first kappa shape index (κ1) is 21.8. The highest BCUT2D eigenvalue weighted by Crippen LogP contribution is 2.38. The minimum Gasteiger partial charge on any atom is -0.468 e. The first-order chi connectivity index (χ1) is 12.5. The molecule has 0 spiro atoms. The van der Waals surface area contributed by atoms with Crippen LogP contribution in [0.3, 0.4) is 0 Å². The van der Waals surface area contributed by atoms with Gasteiger partial charge >= 0.3 is 11.9 Å². The number of carbonyl (C=O) groups excluding carboxylic acids is 2. The van der Waals surface area contributed by atoms with E-state index in [9.17, 15) is 20.1 Å². The van der Waals surface area contributed by atoms with Crippen molar-refractivity contribution in [1.82, 2.24) is 0 Å². The number of allylic oxidation sites excluding steroid dienone is 1. The lowest BCUT2D eigenvalue weighted by Crippen LogP contribution is -2.20. The Kier molecular flexibility index (Phi) is 9.54. The molecule has 0 saturated heterocycles. The summed E-state index contributed by atoms with van der Waals surface area (Å²) in [5.74, 6) is -2.33. The molecule has 7 heteroatoms. The molecule has 1 rings (SSSR count). The van der Waals surface area contributed by atoms with Gasteiger partial charge in [-0.15, -0.1) is 11.8 Å². The highest BCUT2D eigenvalue weighted by Gasteiger charge is 2.30. The molecular formula is C19H24N2O4S. The van der Waals surface area contributed by atoms with E-state index in [-0.39, 0.29) is 12.2 Å². The average Bonchev–Trinajstić information content (AvgIpc) is 2.62. The molecular weight excluding hydrogens is 352 g/mol. The molecule has 0 N–H and O–H groups in total. The van der Waals surface area contributed by atoms with E-state index < -0.39 is 17.9 Å². The second kappa shape index (κ2) is 11.4. The lowest BCUT2D eigenvalue weighted by molar-refractivity contribution is -0.142. The molecule has 0 amide bonds. The highest BCUT2D eigenvalue weighted by atomic mass is 32.2. The summed E-state index contributed by atoms with van der Waals surface area (Å²) in [4.78, 5) is 24.8. The number of rotatable bonds is 6. The summed E-state index contributed by atoms with van der Waals surface area (Å²) in [5, 5.41) is 19.1. The standard InChI is InChI=1S/C19H24N2O4S/c1-4-25-19(23)16(12-21)17(26-3)14-10-8-6-5-7-9-13(14)15(11-20)18(22)24-2/h15H,4-10H2,1-3H3/b14-13-,17-16+. The van der Waals surface area contributed by atoms with Crippen molar-refractivity contribution < 1.29 is 19.1 Å². The van der Waals surface area contributed by atoms with E-state index in [1.165, 1.54) is 18.9 Å². The van der Waals surface area contributed by atoms with Crippen molar-refractivity contribution in [3.05, 3.63) is 21.6 Å². The number of nitriles is 2. The van der Waals surface area contributed by atoms with Gasteiger partial charge in [-0.05, 0) is 50.0 Å². The normalized spacial score (nSPS) is 19.7. The van der Waals surface area contributed by atoms with Gasteiger partial charge in [0.25, 0.3) is 0 Å². The maximum Gasteiger partial charge on any atom is 0.350 e. The molecule has 0 aliphatic heterocycles. The highest BCUT2D eigenvalue weighted by molar-refractivity contribution is 8.02. The van der Waals surface area contributed by atoms with Crippen molar-refractivity contribution in [2.75, 3.05) is 20.0 Å². The summed E-state index contributed by atoms with van der Waals surface area (Å²) in [6.07, 6.45) is 6.68. The van der Waals surface area contributed by atoms with Crippen LogP contribution < -0.4 is 0 Å². The molecule has 0 aromatic carbocycles. The predicted octanol–water partition coefficient (Wildman–Crippen LogP) is 3.65. The SMILES string of the molecule is CCOC(=O)/C(C#N)=C(SC)\C1=C(/C(C#N)C(=O)OC)CCCCCC1. The fourth-order valence-corrected chi connectivity index (χ4v) is 3.83. The number of nitrogens with zero attached hydrogens (tertiary/aromatic N) is 2. The molecule has 1 unspecified atom stereocenters. The van der Waals surface area contributed by atoms with Gasteiger partial charge in [0.05, 0.1) is 19.8 Å². The molecule has 0 bridgehead atoms. The molecule has 0 radical (unpaired) electrons. The fraction of sp³-hybridized carbons (Fsp3) is 0.579. The molecule has 140 valence electrons. The van der Waals surface area contributed by atoms with Crippen molar-refractivity contribution in [3.63, 3.8) is 0 Å². The fourth-order valence-electron chi connectivity index (χ4n) is 3.02. The Morgan fingerprint density at radius 2 is 1.85 bits per heavy atom. The summed E-state index contributed by atoms with van der Waals surface area (Å²) in [6.45, 7) is 1.84. The molecule has 26 heavy (non-hydrogen) atoms. The van der Waals surface area contributed by atoms with Crippen LogP contribution in [0.1, 0.15) is 45.4 Å². The molecule has 0 heterocycles. The number of esters is 2. The molecule has 1 atom stereocenters. The Morgan fingerprint density at radius 1 is 1.19 bits per heavy atom. The van der Waals surface area contributed by atoms with Crippen LogP contribution in [0.4, 0.5) is 0 Å². The molecule has 0 aromatic rings. The second-order valence-electron chi connectivity index (χ2n) is 5.74. The third-order valence-corrected chi connectivity index (χ3v) is 5.08. The number of hydrogen-bond acceptors (Lipinski definition) is 7. The van der Waals surface area contributed by atoms with Gasteiger partial charge in [-0.3, -0.25) is 4.79 Å². The van der Waals surface area contributed by atoms with Gasteiger partial charge in [0.15, 0.2) is 11.5 Å². The monoisotopic (exact) mass is 376 g/mol. The van der Waals surface area contributed by atoms with E-state index in [0.717, 1.165) is 31.3 Å². The summed E-state index contributed by atoms with van der Waals surface area (Å²) < 4.78 is 9.79. The minimum atomic E-state index is -1.03. The maximum atomic E-state index is 12.2. The first-order valence-corrected chi connectivity index (χ1v) is 9.83. The minimum absolute atomic E-state index is 0.0750. The van der Waals surface area contributed by atoms with Crippen LogP contribution in [-0.4, -0.2) is 31.9 Å². The number of carbonyl (C=O) groups is 2. The number of ether oxygens (including phenoxy) is 2. The van der Waals surface area contributed by atoms with Crippen LogP contribution >= 0.6 is 11.8 Å². The van der Waals surface area contributed by atoms with Crippen LogP contribution in [0.15, 0.2) is 21.6 Å². The number of methoxy groups -OCH3 is 1. The largest absolute Gasteiger partial charge is 0.468 e. The summed E-state index contributed by atoms with van der Waals surface area (Å²) in [6, 6.07) is 3.97. The van der Waals surface area contributed by atoms with Crippen LogP contribution in [0.2, 0.25) is 0 Å². The van der Waals surface area contributed by atoms with Crippen molar-refractivity contribution in [2.45, 2.75) is 45.4 Å². The maximum absolute atomic E-state index is 12.2. The van der Waals surface area contributed by atoms with E-state index >= 15 is 0 Å². The van der Waals surface area contributed by atoms with E-state index in [1.54, 1.807) is 13.2 Å². The van der Waals surface area contributed by atoms with Crippen molar-refractivity contribution >= 4 is 23.7 Å². The van der Waals surface area contributed by atoms with Gasteiger partial charge in [-0.2, -0.15) is 10.5 Å². The van der Waals surface area contributed by atoms with Gasteiger partial charge in [0.2, 0.25) is 0 Å². The van der Waals surface area contributed by atoms with Gasteiger partial charge in [0, 0.05) is 4.91 Å². The Labute approximate surface area is 158 Å². The Balaban J connectivity index is 3.63. The predicted molar refractivity (Wildman–Crippen MR) is 98.6 cm³/mol. The third-order valence-electron chi connectivity index (χ3n) is 4.22. The Bertz CT molecular complexity index is 683. The summed E-state index contributed by atoms with van der Waals surface area (Å²) in [7, 11) is 1.25. The van der Waals surface area contributed by atoms with Gasteiger partial charge < -0.3 is 9.47 Å². The lowest BCUT2D eigenvalue weighted by Gasteiger charge is -2.22. The summed E-state index contributed by atoms with van der Waals surface area (Å²) in [5.41, 5.74) is 1.31. The van der Waals surface area contributed by atoms with Gasteiger partial charge in [-0.1, -0.05) is 12.8 Å². The average molecular weight is 376 g/mol. The van der Waals surface area contributed by atoms with Crippen molar-refractivity contribution in [3.8, 4) is 12.1 Å². The van der Waals surface area contributed by atoms with Crippen molar-refractivity contribution in [1.29, 1.82) is 10.5 Å². The van der Waals surface area contributed by atoms with Crippen molar-refractivity contribution in [2.24, 2.45) is 5.92 Å². The van der Waals surface area contributed by atoms with E-state index in [1.807, 2.05) is 12.1 Å². The van der Waals surface area contributed by atoms with Crippen LogP contribution in [-0.2, 0) is 19.1 Å². The molecule has 0 saturated carbocycles. The van der Waals surface area contributed by atoms with Gasteiger partial charge in [-0.25, -0.2) is 4.79 Å². The van der Waals surface area contributed by atoms with E-state index in [0.29, 0.717) is 23.3 Å². The molecule has 1 aliphatic carbocycles. The molecule has 0 aromatic heterocycles. The van der Waals surface area contributed by atoms with Gasteiger partial charge in [0.1, 0.15) is 6.07 Å². The smallest absolute Gasteiger partial charge is 0.350 e. The topological polar surface area (TPSA) is 100 Å². The molecule has 1 aliphatic rings.